The van der Waals surface area contributed by atoms with Crippen molar-refractivity contribution in [2.24, 2.45) is 17.8 Å². The predicted octanol–water partition coefficient (Wildman–Crippen LogP) is 4.06. The lowest BCUT2D eigenvalue weighted by Crippen LogP contribution is -2.27. The Balaban J connectivity index is 4.32. The molecule has 76 valence electrons. The van der Waals surface area contributed by atoms with Gasteiger partial charge in [-0.15, -0.1) is 0 Å². The van der Waals surface area contributed by atoms with Gasteiger partial charge in [0.05, 0.1) is 7.85 Å². The van der Waals surface area contributed by atoms with Crippen LogP contribution in [0.15, 0.2) is 0 Å². The van der Waals surface area contributed by atoms with Crippen molar-refractivity contribution in [3.63, 3.8) is 0 Å². The Morgan fingerprint density at radius 3 is 1.92 bits per heavy atom. The van der Waals surface area contributed by atoms with Crippen LogP contribution in [-0.2, 0) is 0 Å². The van der Waals surface area contributed by atoms with Gasteiger partial charge in [0, 0.05) is 0 Å². The van der Waals surface area contributed by atoms with Gasteiger partial charge in [0.2, 0.25) is 0 Å². The Kier molecular flexibility index (Phi) is 5.10. The zero-order valence-corrected chi connectivity index (χ0v) is 10.2. The number of hydrogen-bond donors (Lipinski definition) is 0. The van der Waals surface area contributed by atoms with Crippen molar-refractivity contribution in [1.29, 1.82) is 0 Å². The molecule has 0 N–H and O–H groups in total. The minimum Gasteiger partial charge on any atom is -0.0674 e. The third-order valence-electron chi connectivity index (χ3n) is 4.13. The van der Waals surface area contributed by atoms with E-state index in [2.05, 4.69) is 41.5 Å². The highest BCUT2D eigenvalue weighted by Crippen LogP contribution is 2.42. The van der Waals surface area contributed by atoms with E-state index >= 15 is 0 Å². The minimum absolute atomic E-state index is 0.00282. The van der Waals surface area contributed by atoms with E-state index in [0.29, 0.717) is 5.92 Å². The predicted molar refractivity (Wildman–Crippen MR) is 62.2 cm³/mol. The van der Waals surface area contributed by atoms with Crippen LogP contribution in [0.2, 0.25) is 5.31 Å². The molecule has 0 nitrogen and oxygen atoms in total. The number of hydrogen-bond acceptors (Lipinski definition) is 0. The normalized spacial score (nSPS) is 23.2. The molecule has 0 bridgehead atoms. The zero-order chi connectivity index (χ0) is 10.6. The van der Waals surface area contributed by atoms with Crippen molar-refractivity contribution in [2.45, 2.75) is 59.7 Å². The largest absolute Gasteiger partial charge is 0.0746 e. The van der Waals surface area contributed by atoms with Gasteiger partial charge in [0.15, 0.2) is 0 Å². The molecule has 0 spiro atoms. The molecule has 0 aromatic carbocycles. The quantitative estimate of drug-likeness (QED) is 0.559. The Morgan fingerprint density at radius 1 is 1.15 bits per heavy atom. The van der Waals surface area contributed by atoms with Crippen molar-refractivity contribution in [2.75, 3.05) is 0 Å². The van der Waals surface area contributed by atoms with Gasteiger partial charge in [-0.25, -0.2) is 0 Å². The molecule has 0 aliphatic heterocycles. The summed E-state index contributed by atoms with van der Waals surface area (Å²) < 4.78 is 0. The van der Waals surface area contributed by atoms with E-state index < -0.39 is 0 Å². The molecule has 0 aromatic heterocycles. The first kappa shape index (κ1) is 13.1. The van der Waals surface area contributed by atoms with Crippen LogP contribution in [0.5, 0.6) is 0 Å². The average molecular weight is 180 g/mol. The molecule has 13 heavy (non-hydrogen) atoms. The summed E-state index contributed by atoms with van der Waals surface area (Å²) in [4.78, 5) is 0. The standard InChI is InChI=1S/C12H25B/c1-7-9(3)10(4)11(5)12(6,13)8-2/h9-11H,7-8H2,1-6H3/t9?,10?,11?,12-/m0/s1. The van der Waals surface area contributed by atoms with Crippen molar-refractivity contribution in [3.05, 3.63) is 0 Å². The summed E-state index contributed by atoms with van der Waals surface area (Å²) in [5.41, 5.74) is 0. The van der Waals surface area contributed by atoms with E-state index in [-0.39, 0.29) is 5.31 Å². The average Bonchev–Trinajstić information content (AvgIpc) is 2.14. The second-order valence-electron chi connectivity index (χ2n) is 4.89. The van der Waals surface area contributed by atoms with Crippen LogP contribution in [0.4, 0.5) is 0 Å². The third-order valence-corrected chi connectivity index (χ3v) is 4.13. The molecule has 0 saturated heterocycles. The van der Waals surface area contributed by atoms with Gasteiger partial charge in [-0.05, 0) is 17.8 Å². The summed E-state index contributed by atoms with van der Waals surface area (Å²) in [5.74, 6) is 2.11. The van der Waals surface area contributed by atoms with E-state index in [1.54, 1.807) is 0 Å². The Labute approximate surface area is 85.9 Å². The fraction of sp³-hybridized carbons (Fsp3) is 1.00. The second-order valence-corrected chi connectivity index (χ2v) is 4.89. The van der Waals surface area contributed by atoms with Crippen molar-refractivity contribution in [3.8, 4) is 0 Å². The summed E-state index contributed by atoms with van der Waals surface area (Å²) in [6, 6.07) is 0. The van der Waals surface area contributed by atoms with Crippen LogP contribution in [-0.4, -0.2) is 7.85 Å². The fourth-order valence-corrected chi connectivity index (χ4v) is 1.79. The van der Waals surface area contributed by atoms with E-state index in [1.165, 1.54) is 6.42 Å². The van der Waals surface area contributed by atoms with E-state index in [1.807, 2.05) is 0 Å². The van der Waals surface area contributed by atoms with Gasteiger partial charge < -0.3 is 0 Å². The Morgan fingerprint density at radius 2 is 1.62 bits per heavy atom. The first-order valence-electron chi connectivity index (χ1n) is 5.65. The topological polar surface area (TPSA) is 0 Å². The molecule has 2 radical (unpaired) electrons. The second kappa shape index (κ2) is 5.07. The highest BCUT2D eigenvalue weighted by atomic mass is 14.3. The zero-order valence-electron chi connectivity index (χ0n) is 10.2. The maximum atomic E-state index is 6.25. The smallest absolute Gasteiger partial charge is 0.0674 e. The molecule has 0 saturated carbocycles. The summed E-state index contributed by atoms with van der Waals surface area (Å²) in [6.45, 7) is 13.6. The molecular weight excluding hydrogens is 155 g/mol. The van der Waals surface area contributed by atoms with Crippen LogP contribution in [0.1, 0.15) is 54.4 Å². The molecule has 0 aliphatic carbocycles. The molecule has 4 atom stereocenters. The lowest BCUT2D eigenvalue weighted by Gasteiger charge is -2.38. The van der Waals surface area contributed by atoms with Crippen LogP contribution in [0, 0.1) is 17.8 Å². The molecule has 0 rings (SSSR count). The highest BCUT2D eigenvalue weighted by molar-refractivity contribution is 6.15. The Hall–Kier alpha value is 0.0649. The summed E-state index contributed by atoms with van der Waals surface area (Å²) in [6.07, 6.45) is 2.32. The lowest BCUT2D eigenvalue weighted by molar-refractivity contribution is 0.216. The SMILES string of the molecule is [B][C@@](C)(CC)C(C)C(C)C(C)CC. The molecule has 0 heterocycles. The van der Waals surface area contributed by atoms with Crippen LogP contribution < -0.4 is 0 Å². The third kappa shape index (κ3) is 3.36. The monoisotopic (exact) mass is 180 g/mol. The fourth-order valence-electron chi connectivity index (χ4n) is 1.79. The van der Waals surface area contributed by atoms with Gasteiger partial charge in [-0.1, -0.05) is 59.7 Å². The van der Waals surface area contributed by atoms with Crippen molar-refractivity contribution in [1.82, 2.24) is 0 Å². The molecule has 3 unspecified atom stereocenters. The van der Waals surface area contributed by atoms with Gasteiger partial charge in [-0.3, -0.25) is 0 Å². The van der Waals surface area contributed by atoms with Gasteiger partial charge in [0.25, 0.3) is 0 Å². The van der Waals surface area contributed by atoms with Crippen LogP contribution >= 0.6 is 0 Å². The maximum absolute atomic E-state index is 6.25. The minimum atomic E-state index is 0.00282. The van der Waals surface area contributed by atoms with Crippen molar-refractivity contribution >= 4 is 7.85 Å². The van der Waals surface area contributed by atoms with Crippen LogP contribution in [0.3, 0.4) is 0 Å². The van der Waals surface area contributed by atoms with Gasteiger partial charge in [0.1, 0.15) is 0 Å². The van der Waals surface area contributed by atoms with E-state index in [9.17, 15) is 0 Å². The summed E-state index contributed by atoms with van der Waals surface area (Å²) >= 11 is 0. The molecule has 0 amide bonds. The highest BCUT2D eigenvalue weighted by Gasteiger charge is 2.29. The van der Waals surface area contributed by atoms with Gasteiger partial charge in [-0.2, -0.15) is 0 Å². The molecule has 0 aromatic rings. The molecule has 0 fully saturated rings. The molecule has 0 aliphatic rings. The Bertz CT molecular complexity index is 140. The van der Waals surface area contributed by atoms with Crippen molar-refractivity contribution < 1.29 is 0 Å². The van der Waals surface area contributed by atoms with Crippen LogP contribution in [0.25, 0.3) is 0 Å². The first-order valence-corrected chi connectivity index (χ1v) is 5.65. The number of rotatable bonds is 5. The van der Waals surface area contributed by atoms with E-state index in [0.717, 1.165) is 18.3 Å². The summed E-state index contributed by atoms with van der Waals surface area (Å²) in [7, 11) is 6.25. The van der Waals surface area contributed by atoms with E-state index in [4.69, 9.17) is 7.85 Å². The van der Waals surface area contributed by atoms with Gasteiger partial charge >= 0.3 is 0 Å². The lowest BCUT2D eigenvalue weighted by atomic mass is 9.56. The summed E-state index contributed by atoms with van der Waals surface area (Å²) in [5, 5.41) is 0.00282. The first-order chi connectivity index (χ1) is 5.86. The molecule has 1 heteroatoms. The maximum Gasteiger partial charge on any atom is 0.0746 e. The molecular formula is C12H25B.